The van der Waals surface area contributed by atoms with Gasteiger partial charge >= 0.3 is 5.69 Å². The minimum atomic E-state index is -0.622. The molecule has 128 valence electrons. The van der Waals surface area contributed by atoms with Gasteiger partial charge in [-0.2, -0.15) is 0 Å². The Morgan fingerprint density at radius 2 is 2.00 bits per heavy atom. The van der Waals surface area contributed by atoms with Gasteiger partial charge in [0.25, 0.3) is 5.56 Å². The average Bonchev–Trinajstić information content (AvgIpc) is 2.57. The molecule has 0 saturated carbocycles. The molecule has 8 heteroatoms. The summed E-state index contributed by atoms with van der Waals surface area (Å²) >= 11 is 3.05. The van der Waals surface area contributed by atoms with Gasteiger partial charge in [0, 0.05) is 26.4 Å². The SMILES string of the molecule is COCCN(Cc1ccccc1)C(=O)Cn1cc(Br)c(=O)[nH]c1=O. The molecule has 0 aliphatic heterocycles. The van der Waals surface area contributed by atoms with E-state index >= 15 is 0 Å². The first kappa shape index (κ1) is 18.2. The Kier molecular flexibility index (Phi) is 6.51. The van der Waals surface area contributed by atoms with Crippen LogP contribution in [-0.2, 0) is 22.6 Å². The van der Waals surface area contributed by atoms with Crippen LogP contribution in [-0.4, -0.2) is 40.6 Å². The molecule has 1 aromatic heterocycles. The van der Waals surface area contributed by atoms with Crippen molar-refractivity contribution in [3.8, 4) is 0 Å². The zero-order valence-electron chi connectivity index (χ0n) is 13.2. The summed E-state index contributed by atoms with van der Waals surface area (Å²) in [5.41, 5.74) is -0.163. The number of carbonyl (C=O) groups excluding carboxylic acids is 1. The number of benzene rings is 1. The number of H-pyrrole nitrogens is 1. The lowest BCUT2D eigenvalue weighted by molar-refractivity contribution is -0.133. The maximum atomic E-state index is 12.6. The monoisotopic (exact) mass is 395 g/mol. The van der Waals surface area contributed by atoms with Gasteiger partial charge in [-0.1, -0.05) is 30.3 Å². The van der Waals surface area contributed by atoms with Crippen molar-refractivity contribution in [3.63, 3.8) is 0 Å². The maximum Gasteiger partial charge on any atom is 0.328 e. The van der Waals surface area contributed by atoms with E-state index in [-0.39, 0.29) is 16.9 Å². The van der Waals surface area contributed by atoms with Gasteiger partial charge in [-0.05, 0) is 21.5 Å². The second-order valence-electron chi connectivity index (χ2n) is 5.16. The summed E-state index contributed by atoms with van der Waals surface area (Å²) in [7, 11) is 1.56. The maximum absolute atomic E-state index is 12.6. The lowest BCUT2D eigenvalue weighted by Gasteiger charge is -2.23. The normalized spacial score (nSPS) is 10.6. The van der Waals surface area contributed by atoms with Crippen LogP contribution in [0.2, 0.25) is 0 Å². The molecule has 24 heavy (non-hydrogen) atoms. The number of hydrogen-bond donors (Lipinski definition) is 1. The van der Waals surface area contributed by atoms with Gasteiger partial charge in [-0.25, -0.2) is 4.79 Å². The summed E-state index contributed by atoms with van der Waals surface area (Å²) in [6, 6.07) is 9.56. The summed E-state index contributed by atoms with van der Waals surface area (Å²) < 4.78 is 6.41. The van der Waals surface area contributed by atoms with Crippen molar-refractivity contribution in [2.45, 2.75) is 13.1 Å². The third-order valence-electron chi connectivity index (χ3n) is 3.41. The fourth-order valence-electron chi connectivity index (χ4n) is 2.14. The van der Waals surface area contributed by atoms with Crippen LogP contribution in [0.25, 0.3) is 0 Å². The minimum absolute atomic E-state index is 0.162. The van der Waals surface area contributed by atoms with Crippen LogP contribution in [0.15, 0.2) is 50.6 Å². The summed E-state index contributed by atoms with van der Waals surface area (Å²) in [5.74, 6) is -0.239. The third-order valence-corrected chi connectivity index (χ3v) is 3.97. The minimum Gasteiger partial charge on any atom is -0.383 e. The number of halogens is 1. The van der Waals surface area contributed by atoms with Crippen LogP contribution < -0.4 is 11.2 Å². The van der Waals surface area contributed by atoms with Crippen molar-refractivity contribution in [3.05, 3.63) is 67.4 Å². The van der Waals surface area contributed by atoms with Gasteiger partial charge in [0.1, 0.15) is 6.54 Å². The Labute approximate surface area is 147 Å². The van der Waals surface area contributed by atoms with Crippen molar-refractivity contribution in [1.29, 1.82) is 0 Å². The van der Waals surface area contributed by atoms with Crippen LogP contribution in [0.4, 0.5) is 0 Å². The van der Waals surface area contributed by atoms with E-state index in [1.165, 1.54) is 10.8 Å². The van der Waals surface area contributed by atoms with Gasteiger partial charge in [-0.15, -0.1) is 0 Å². The van der Waals surface area contributed by atoms with E-state index in [0.29, 0.717) is 19.7 Å². The molecule has 0 aliphatic rings. The van der Waals surface area contributed by atoms with Crippen molar-refractivity contribution in [2.24, 2.45) is 0 Å². The van der Waals surface area contributed by atoms with Crippen LogP contribution in [0.5, 0.6) is 0 Å². The summed E-state index contributed by atoms with van der Waals surface area (Å²) in [6.45, 7) is 1.05. The number of methoxy groups -OCH3 is 1. The lowest BCUT2D eigenvalue weighted by Crippen LogP contribution is -2.39. The molecule has 1 N–H and O–H groups in total. The Balaban J connectivity index is 2.17. The average molecular weight is 396 g/mol. The van der Waals surface area contributed by atoms with Gasteiger partial charge < -0.3 is 9.64 Å². The second-order valence-corrected chi connectivity index (χ2v) is 6.01. The number of carbonyl (C=O) groups is 1. The molecular weight excluding hydrogens is 378 g/mol. The number of amides is 1. The van der Waals surface area contributed by atoms with Crippen LogP contribution in [0.1, 0.15) is 5.56 Å². The van der Waals surface area contributed by atoms with Crippen LogP contribution >= 0.6 is 15.9 Å². The van der Waals surface area contributed by atoms with E-state index in [1.807, 2.05) is 30.3 Å². The van der Waals surface area contributed by atoms with Gasteiger partial charge in [0.05, 0.1) is 11.1 Å². The third kappa shape index (κ3) is 4.90. The van der Waals surface area contributed by atoms with Crippen LogP contribution in [0.3, 0.4) is 0 Å². The first-order valence-electron chi connectivity index (χ1n) is 7.31. The van der Waals surface area contributed by atoms with E-state index in [2.05, 4.69) is 20.9 Å². The molecule has 0 radical (unpaired) electrons. The highest BCUT2D eigenvalue weighted by Crippen LogP contribution is 2.06. The van der Waals surface area contributed by atoms with E-state index in [0.717, 1.165) is 5.56 Å². The number of nitrogens with one attached hydrogen (secondary N) is 1. The molecule has 1 amide bonds. The smallest absolute Gasteiger partial charge is 0.328 e. The fraction of sp³-hybridized carbons (Fsp3) is 0.312. The highest BCUT2D eigenvalue weighted by atomic mass is 79.9. The second kappa shape index (κ2) is 8.60. The zero-order valence-corrected chi connectivity index (χ0v) is 14.8. The molecular formula is C16H18BrN3O4. The molecule has 0 saturated heterocycles. The number of ether oxygens (including phenoxy) is 1. The molecule has 1 aromatic carbocycles. The topological polar surface area (TPSA) is 84.4 Å². The standard InChI is InChI=1S/C16H18BrN3O4/c1-24-8-7-19(9-12-5-3-2-4-6-12)14(21)11-20-10-13(17)15(22)18-16(20)23/h2-6,10H,7-9,11H2,1H3,(H,18,22,23). The molecule has 0 bridgehead atoms. The van der Waals surface area contributed by atoms with Crippen molar-refractivity contribution < 1.29 is 9.53 Å². The van der Waals surface area contributed by atoms with E-state index in [9.17, 15) is 14.4 Å². The quantitative estimate of drug-likeness (QED) is 0.756. The van der Waals surface area contributed by atoms with Gasteiger partial charge in [0.15, 0.2) is 0 Å². The fourth-order valence-corrected chi connectivity index (χ4v) is 2.49. The Morgan fingerprint density at radius 1 is 1.29 bits per heavy atom. The van der Waals surface area contributed by atoms with Gasteiger partial charge in [-0.3, -0.25) is 19.1 Å². The summed E-state index contributed by atoms with van der Waals surface area (Å²) in [4.78, 5) is 39.5. The first-order chi connectivity index (χ1) is 11.5. The molecule has 2 aromatic rings. The molecule has 0 spiro atoms. The van der Waals surface area contributed by atoms with Crippen molar-refractivity contribution in [2.75, 3.05) is 20.3 Å². The summed E-state index contributed by atoms with van der Waals surface area (Å²) in [5, 5.41) is 0. The molecule has 2 rings (SSSR count). The lowest BCUT2D eigenvalue weighted by atomic mass is 10.2. The summed E-state index contributed by atoms with van der Waals surface area (Å²) in [6.07, 6.45) is 1.32. The number of rotatable bonds is 7. The Bertz CT molecular complexity index is 801. The predicted molar refractivity (Wildman–Crippen MR) is 92.8 cm³/mol. The molecule has 0 unspecified atom stereocenters. The Hall–Kier alpha value is -2.19. The number of aromatic nitrogens is 2. The highest BCUT2D eigenvalue weighted by Gasteiger charge is 2.15. The molecule has 0 fully saturated rings. The molecule has 0 atom stereocenters. The van der Waals surface area contributed by atoms with Crippen molar-refractivity contribution in [1.82, 2.24) is 14.5 Å². The van der Waals surface area contributed by atoms with Crippen molar-refractivity contribution >= 4 is 21.8 Å². The molecule has 7 nitrogen and oxygen atoms in total. The number of hydrogen-bond acceptors (Lipinski definition) is 4. The molecule has 1 heterocycles. The van der Waals surface area contributed by atoms with E-state index in [4.69, 9.17) is 4.74 Å². The number of nitrogens with zero attached hydrogens (tertiary/aromatic N) is 2. The first-order valence-corrected chi connectivity index (χ1v) is 8.10. The highest BCUT2D eigenvalue weighted by molar-refractivity contribution is 9.10. The van der Waals surface area contributed by atoms with E-state index in [1.54, 1.807) is 12.0 Å². The zero-order chi connectivity index (χ0) is 17.5. The predicted octanol–water partition coefficient (Wildman–Crippen LogP) is 0.974. The van der Waals surface area contributed by atoms with E-state index < -0.39 is 11.2 Å². The Morgan fingerprint density at radius 3 is 2.67 bits per heavy atom. The largest absolute Gasteiger partial charge is 0.383 e. The van der Waals surface area contributed by atoms with Gasteiger partial charge in [0.2, 0.25) is 5.91 Å². The van der Waals surface area contributed by atoms with Crippen LogP contribution in [0, 0.1) is 0 Å². The number of aromatic amines is 1. The molecule has 0 aliphatic carbocycles.